The van der Waals surface area contributed by atoms with Crippen LogP contribution < -0.4 is 9.47 Å². The number of carbonyl (C=O) groups excluding carboxylic acids is 1. The summed E-state index contributed by atoms with van der Waals surface area (Å²) in [4.78, 5) is 19.2. The molecule has 0 bridgehead atoms. The molecule has 30 heavy (non-hydrogen) atoms. The quantitative estimate of drug-likeness (QED) is 0.621. The highest BCUT2D eigenvalue weighted by molar-refractivity contribution is 7.15. The van der Waals surface area contributed by atoms with E-state index in [-0.39, 0.29) is 12.0 Å². The predicted molar refractivity (Wildman–Crippen MR) is 113 cm³/mol. The van der Waals surface area contributed by atoms with Gasteiger partial charge in [-0.25, -0.2) is 4.98 Å². The Morgan fingerprint density at radius 2 is 1.97 bits per heavy atom. The van der Waals surface area contributed by atoms with E-state index >= 15 is 0 Å². The maximum Gasteiger partial charge on any atom is 0.279 e. The second-order valence-electron chi connectivity index (χ2n) is 7.32. The van der Waals surface area contributed by atoms with Crippen molar-refractivity contribution < 1.29 is 19.0 Å². The molecule has 154 valence electrons. The molecule has 2 aromatic carbocycles. The Morgan fingerprint density at radius 1 is 1.13 bits per heavy atom. The van der Waals surface area contributed by atoms with Crippen molar-refractivity contribution in [1.82, 2.24) is 9.88 Å². The average Bonchev–Trinajstić information content (AvgIpc) is 3.28. The van der Waals surface area contributed by atoms with Crippen LogP contribution in [-0.4, -0.2) is 42.1 Å². The van der Waals surface area contributed by atoms with E-state index in [1.807, 2.05) is 36.4 Å². The van der Waals surface area contributed by atoms with Crippen molar-refractivity contribution in [3.05, 3.63) is 70.7 Å². The van der Waals surface area contributed by atoms with E-state index in [0.717, 1.165) is 24.2 Å². The topological polar surface area (TPSA) is 60.9 Å². The molecule has 1 atom stereocenters. The number of carbonyl (C=O) groups is 1. The standard InChI is InChI=1S/C23H22N2O4S/c26-22(25-10-12-27-13-11-25)21-15-24-23(30-21)28-18-7-9-20-17(14-18)6-8-19(29-20)16-4-2-1-3-5-16/h1-5,7,9,14-15,19H,6,8,10-13H2. The third kappa shape index (κ3) is 4.04. The van der Waals surface area contributed by atoms with Crippen LogP contribution in [0.1, 0.15) is 33.3 Å². The molecule has 2 aliphatic heterocycles. The molecule has 1 fully saturated rings. The number of aryl methyl sites for hydroxylation is 1. The van der Waals surface area contributed by atoms with E-state index in [1.165, 1.54) is 16.9 Å². The van der Waals surface area contributed by atoms with Gasteiger partial charge in [0.2, 0.25) is 0 Å². The summed E-state index contributed by atoms with van der Waals surface area (Å²) in [6.07, 6.45) is 3.52. The number of hydrogen-bond acceptors (Lipinski definition) is 6. The van der Waals surface area contributed by atoms with E-state index in [4.69, 9.17) is 14.2 Å². The van der Waals surface area contributed by atoms with Gasteiger partial charge in [0.15, 0.2) is 0 Å². The lowest BCUT2D eigenvalue weighted by atomic mass is 9.97. The van der Waals surface area contributed by atoms with Crippen molar-refractivity contribution in [1.29, 1.82) is 0 Å². The summed E-state index contributed by atoms with van der Waals surface area (Å²) >= 11 is 1.27. The van der Waals surface area contributed by atoms with Crippen LogP contribution in [0.15, 0.2) is 54.7 Å². The molecule has 2 aliphatic rings. The van der Waals surface area contributed by atoms with Gasteiger partial charge in [0.1, 0.15) is 22.5 Å². The molecule has 0 radical (unpaired) electrons. The number of thiazole rings is 1. The van der Waals surface area contributed by atoms with E-state index in [0.29, 0.717) is 42.1 Å². The maximum atomic E-state index is 12.6. The second-order valence-corrected chi connectivity index (χ2v) is 8.32. The fourth-order valence-electron chi connectivity index (χ4n) is 3.76. The molecule has 7 heteroatoms. The Kier molecular flexibility index (Phi) is 5.38. The molecule has 3 heterocycles. The van der Waals surface area contributed by atoms with Crippen molar-refractivity contribution in [3.63, 3.8) is 0 Å². The fourth-order valence-corrected chi connectivity index (χ4v) is 4.51. The number of aromatic nitrogens is 1. The van der Waals surface area contributed by atoms with Gasteiger partial charge in [-0.15, -0.1) is 0 Å². The van der Waals surface area contributed by atoms with Crippen LogP contribution in [0.4, 0.5) is 0 Å². The number of nitrogens with zero attached hydrogens (tertiary/aromatic N) is 2. The van der Waals surface area contributed by atoms with Gasteiger partial charge in [0.05, 0.1) is 19.4 Å². The molecule has 5 rings (SSSR count). The Labute approximate surface area is 179 Å². The van der Waals surface area contributed by atoms with E-state index in [9.17, 15) is 4.79 Å². The minimum absolute atomic E-state index is 0.0172. The first kappa shape index (κ1) is 19.1. The Morgan fingerprint density at radius 3 is 2.80 bits per heavy atom. The summed E-state index contributed by atoms with van der Waals surface area (Å²) in [6, 6.07) is 16.1. The maximum absolute atomic E-state index is 12.6. The number of fused-ring (bicyclic) bond motifs is 1. The van der Waals surface area contributed by atoms with Crippen molar-refractivity contribution in [2.45, 2.75) is 18.9 Å². The van der Waals surface area contributed by atoms with Gasteiger partial charge in [0.25, 0.3) is 11.1 Å². The van der Waals surface area contributed by atoms with Crippen LogP contribution in [0.2, 0.25) is 0 Å². The number of hydrogen-bond donors (Lipinski definition) is 0. The molecule has 0 spiro atoms. The molecule has 0 aliphatic carbocycles. The molecule has 0 saturated carbocycles. The van der Waals surface area contributed by atoms with E-state index in [1.54, 1.807) is 11.1 Å². The highest BCUT2D eigenvalue weighted by atomic mass is 32.1. The minimum atomic E-state index is -0.0172. The zero-order valence-corrected chi connectivity index (χ0v) is 17.3. The van der Waals surface area contributed by atoms with Crippen LogP contribution in [0.3, 0.4) is 0 Å². The Bertz CT molecular complexity index is 1030. The van der Waals surface area contributed by atoms with Gasteiger partial charge < -0.3 is 19.1 Å². The second kappa shape index (κ2) is 8.45. The summed E-state index contributed by atoms with van der Waals surface area (Å²) in [5.74, 6) is 1.58. The number of ether oxygens (including phenoxy) is 3. The molecule has 1 aromatic heterocycles. The molecule has 0 N–H and O–H groups in total. The summed E-state index contributed by atoms with van der Waals surface area (Å²) in [7, 11) is 0. The summed E-state index contributed by atoms with van der Waals surface area (Å²) < 4.78 is 17.4. The van der Waals surface area contributed by atoms with Crippen LogP contribution in [0.5, 0.6) is 16.7 Å². The van der Waals surface area contributed by atoms with Gasteiger partial charge >= 0.3 is 0 Å². The molecular weight excluding hydrogens is 400 g/mol. The van der Waals surface area contributed by atoms with Crippen LogP contribution in [0, 0.1) is 0 Å². The summed E-state index contributed by atoms with van der Waals surface area (Å²) in [5, 5.41) is 0.463. The first-order chi connectivity index (χ1) is 14.8. The van der Waals surface area contributed by atoms with Gasteiger partial charge in [-0.1, -0.05) is 41.7 Å². The summed E-state index contributed by atoms with van der Waals surface area (Å²) in [5.41, 5.74) is 2.32. The number of morpholine rings is 1. The van der Waals surface area contributed by atoms with Crippen molar-refractivity contribution in [2.75, 3.05) is 26.3 Å². The van der Waals surface area contributed by atoms with E-state index in [2.05, 4.69) is 17.1 Å². The van der Waals surface area contributed by atoms with Gasteiger partial charge in [0, 0.05) is 13.1 Å². The third-order valence-electron chi connectivity index (χ3n) is 5.35. The van der Waals surface area contributed by atoms with Crippen molar-refractivity contribution >= 4 is 17.2 Å². The molecule has 1 saturated heterocycles. The Hall–Kier alpha value is -2.90. The zero-order valence-electron chi connectivity index (χ0n) is 16.5. The average molecular weight is 423 g/mol. The number of rotatable bonds is 4. The lowest BCUT2D eigenvalue weighted by molar-refractivity contribution is 0.0306. The van der Waals surface area contributed by atoms with Crippen LogP contribution in [-0.2, 0) is 11.2 Å². The molecule has 1 unspecified atom stereocenters. The SMILES string of the molecule is O=C(c1cnc(Oc2ccc3c(c2)CCC(c2ccccc2)O3)s1)N1CCOCC1. The minimum Gasteiger partial charge on any atom is -0.485 e. The van der Waals surface area contributed by atoms with Gasteiger partial charge in [-0.2, -0.15) is 0 Å². The first-order valence-electron chi connectivity index (χ1n) is 10.1. The molecule has 3 aromatic rings. The number of benzene rings is 2. The molecule has 6 nitrogen and oxygen atoms in total. The van der Waals surface area contributed by atoms with Crippen molar-refractivity contribution in [2.24, 2.45) is 0 Å². The lowest BCUT2D eigenvalue weighted by Crippen LogP contribution is -2.40. The monoisotopic (exact) mass is 422 g/mol. The Balaban J connectivity index is 1.26. The smallest absolute Gasteiger partial charge is 0.279 e. The van der Waals surface area contributed by atoms with Crippen LogP contribution in [0.25, 0.3) is 0 Å². The van der Waals surface area contributed by atoms with E-state index < -0.39 is 0 Å². The van der Waals surface area contributed by atoms with Crippen LogP contribution >= 0.6 is 11.3 Å². The first-order valence-corrected chi connectivity index (χ1v) is 10.9. The lowest BCUT2D eigenvalue weighted by Gasteiger charge is -2.26. The highest BCUT2D eigenvalue weighted by Gasteiger charge is 2.23. The number of amides is 1. The molecule has 1 amide bonds. The van der Waals surface area contributed by atoms with Gasteiger partial charge in [-0.3, -0.25) is 4.79 Å². The zero-order chi connectivity index (χ0) is 20.3. The normalized spacial score (nSPS) is 18.4. The summed E-state index contributed by atoms with van der Waals surface area (Å²) in [6.45, 7) is 2.38. The third-order valence-corrected chi connectivity index (χ3v) is 6.21. The fraction of sp³-hybridized carbons (Fsp3) is 0.304. The highest BCUT2D eigenvalue weighted by Crippen LogP contribution is 2.38. The predicted octanol–water partition coefficient (Wildman–Crippen LogP) is 4.47. The van der Waals surface area contributed by atoms with Gasteiger partial charge in [-0.05, 0) is 42.2 Å². The molecular formula is C23H22N2O4S. The van der Waals surface area contributed by atoms with Crippen molar-refractivity contribution in [3.8, 4) is 16.7 Å². The largest absolute Gasteiger partial charge is 0.485 e.